The van der Waals surface area contributed by atoms with Crippen LogP contribution in [0.5, 0.6) is 0 Å². The van der Waals surface area contributed by atoms with Gasteiger partial charge in [-0.3, -0.25) is 0 Å². The molecule has 20 heavy (non-hydrogen) atoms. The van der Waals surface area contributed by atoms with Gasteiger partial charge in [-0.25, -0.2) is 14.8 Å². The highest BCUT2D eigenvalue weighted by Gasteiger charge is 2.15. The topological polar surface area (TPSA) is 69.0 Å². The molecular weight excluding hydrogens is 256 g/mol. The summed E-state index contributed by atoms with van der Waals surface area (Å²) in [6.07, 6.45) is 3.92. The van der Waals surface area contributed by atoms with Crippen LogP contribution in [0.1, 0.15) is 27.2 Å². The number of rotatable bonds is 4. The molecule has 108 valence electrons. The Morgan fingerprint density at radius 1 is 1.40 bits per heavy atom. The SMILES string of the molecule is CC(C)(C)OC(=O)NCCCn1cnc2ncccc21. The fourth-order valence-electron chi connectivity index (χ4n) is 1.83. The zero-order valence-corrected chi connectivity index (χ0v) is 12.1. The molecule has 0 saturated heterocycles. The van der Waals surface area contributed by atoms with Crippen LogP contribution in [0.2, 0.25) is 0 Å². The molecule has 0 aliphatic heterocycles. The zero-order chi connectivity index (χ0) is 14.6. The standard InChI is InChI=1S/C14H20N4O2/c1-14(2,3)20-13(19)16-8-5-9-18-10-17-12-11(18)6-4-7-15-12/h4,6-7,10H,5,8-9H2,1-3H3,(H,16,19). The van der Waals surface area contributed by atoms with Gasteiger partial charge in [-0.05, 0) is 39.3 Å². The predicted octanol–water partition coefficient (Wildman–Crippen LogP) is 2.35. The molecule has 0 aromatic carbocycles. The van der Waals surface area contributed by atoms with E-state index in [1.165, 1.54) is 0 Å². The third-order valence-corrected chi connectivity index (χ3v) is 2.64. The smallest absolute Gasteiger partial charge is 0.407 e. The molecule has 1 N–H and O–H groups in total. The van der Waals surface area contributed by atoms with E-state index in [1.807, 2.05) is 37.5 Å². The largest absolute Gasteiger partial charge is 0.444 e. The molecular formula is C14H20N4O2. The summed E-state index contributed by atoms with van der Waals surface area (Å²) in [6, 6.07) is 3.87. The number of aromatic nitrogens is 3. The third-order valence-electron chi connectivity index (χ3n) is 2.64. The van der Waals surface area contributed by atoms with Crippen molar-refractivity contribution in [1.29, 1.82) is 0 Å². The molecule has 0 aliphatic rings. The van der Waals surface area contributed by atoms with Gasteiger partial charge in [-0.2, -0.15) is 0 Å². The second-order valence-electron chi connectivity index (χ2n) is 5.57. The third kappa shape index (κ3) is 3.94. The molecule has 0 fully saturated rings. The highest BCUT2D eigenvalue weighted by molar-refractivity contribution is 5.70. The van der Waals surface area contributed by atoms with E-state index in [1.54, 1.807) is 12.5 Å². The van der Waals surface area contributed by atoms with E-state index in [0.29, 0.717) is 6.54 Å². The molecule has 1 amide bonds. The fourth-order valence-corrected chi connectivity index (χ4v) is 1.83. The van der Waals surface area contributed by atoms with Gasteiger partial charge in [0.25, 0.3) is 0 Å². The van der Waals surface area contributed by atoms with Crippen molar-refractivity contribution in [1.82, 2.24) is 19.9 Å². The summed E-state index contributed by atoms with van der Waals surface area (Å²) in [5.41, 5.74) is 1.29. The number of nitrogens with zero attached hydrogens (tertiary/aromatic N) is 3. The molecule has 0 unspecified atom stereocenters. The van der Waals surface area contributed by atoms with Crippen LogP contribution in [0, 0.1) is 0 Å². The van der Waals surface area contributed by atoms with Crippen LogP contribution in [0.25, 0.3) is 11.2 Å². The lowest BCUT2D eigenvalue weighted by molar-refractivity contribution is 0.0527. The Hall–Kier alpha value is -2.11. The first-order valence-electron chi connectivity index (χ1n) is 6.68. The van der Waals surface area contributed by atoms with Crippen molar-refractivity contribution in [3.63, 3.8) is 0 Å². The lowest BCUT2D eigenvalue weighted by Gasteiger charge is -2.19. The molecule has 0 spiro atoms. The van der Waals surface area contributed by atoms with E-state index in [-0.39, 0.29) is 6.09 Å². The Morgan fingerprint density at radius 3 is 2.95 bits per heavy atom. The van der Waals surface area contributed by atoms with E-state index in [0.717, 1.165) is 24.1 Å². The lowest BCUT2D eigenvalue weighted by atomic mass is 10.2. The summed E-state index contributed by atoms with van der Waals surface area (Å²) in [7, 11) is 0. The van der Waals surface area contributed by atoms with Crippen LogP contribution >= 0.6 is 0 Å². The Balaban J connectivity index is 1.78. The molecule has 2 aromatic rings. The normalized spacial score (nSPS) is 11.6. The van der Waals surface area contributed by atoms with Crippen molar-refractivity contribution in [3.8, 4) is 0 Å². The van der Waals surface area contributed by atoms with E-state index >= 15 is 0 Å². The monoisotopic (exact) mass is 276 g/mol. The lowest BCUT2D eigenvalue weighted by Crippen LogP contribution is -2.33. The number of hydrogen-bond acceptors (Lipinski definition) is 4. The van der Waals surface area contributed by atoms with Gasteiger partial charge in [0.1, 0.15) is 5.60 Å². The van der Waals surface area contributed by atoms with E-state index in [2.05, 4.69) is 15.3 Å². The highest BCUT2D eigenvalue weighted by atomic mass is 16.6. The van der Waals surface area contributed by atoms with Gasteiger partial charge in [0, 0.05) is 19.3 Å². The first-order valence-corrected chi connectivity index (χ1v) is 6.68. The molecule has 2 rings (SSSR count). The number of aryl methyl sites for hydroxylation is 1. The Morgan fingerprint density at radius 2 is 2.20 bits per heavy atom. The summed E-state index contributed by atoms with van der Waals surface area (Å²) in [4.78, 5) is 19.9. The van der Waals surface area contributed by atoms with Crippen molar-refractivity contribution in [2.75, 3.05) is 6.54 Å². The van der Waals surface area contributed by atoms with E-state index < -0.39 is 5.60 Å². The summed E-state index contributed by atoms with van der Waals surface area (Å²) < 4.78 is 7.19. The Labute approximate surface area is 118 Å². The van der Waals surface area contributed by atoms with Gasteiger partial charge >= 0.3 is 6.09 Å². The molecule has 6 heteroatoms. The molecule has 0 atom stereocenters. The maximum Gasteiger partial charge on any atom is 0.407 e. The number of ether oxygens (including phenoxy) is 1. The van der Waals surface area contributed by atoms with Gasteiger partial charge in [0.2, 0.25) is 0 Å². The van der Waals surface area contributed by atoms with Gasteiger partial charge < -0.3 is 14.6 Å². The van der Waals surface area contributed by atoms with Crippen molar-refractivity contribution in [2.24, 2.45) is 0 Å². The number of hydrogen-bond donors (Lipinski definition) is 1. The summed E-state index contributed by atoms with van der Waals surface area (Å²) in [5.74, 6) is 0. The minimum atomic E-state index is -0.462. The van der Waals surface area contributed by atoms with E-state index in [9.17, 15) is 4.79 Å². The molecule has 0 aliphatic carbocycles. The number of pyridine rings is 1. The molecule has 0 bridgehead atoms. The number of carbonyl (C=O) groups is 1. The summed E-state index contributed by atoms with van der Waals surface area (Å²) >= 11 is 0. The van der Waals surface area contributed by atoms with Crippen molar-refractivity contribution in [3.05, 3.63) is 24.7 Å². The highest BCUT2D eigenvalue weighted by Crippen LogP contribution is 2.09. The maximum atomic E-state index is 11.5. The average Bonchev–Trinajstić information content (AvgIpc) is 2.76. The minimum absolute atomic E-state index is 0.380. The number of amides is 1. The molecule has 2 aromatic heterocycles. The number of imidazole rings is 1. The number of fused-ring (bicyclic) bond motifs is 1. The van der Waals surface area contributed by atoms with Gasteiger partial charge in [0.05, 0.1) is 11.8 Å². The minimum Gasteiger partial charge on any atom is -0.444 e. The van der Waals surface area contributed by atoms with Gasteiger partial charge in [-0.15, -0.1) is 0 Å². The molecule has 0 radical (unpaired) electrons. The molecule has 2 heterocycles. The van der Waals surface area contributed by atoms with Gasteiger partial charge in [0.15, 0.2) is 5.65 Å². The van der Waals surface area contributed by atoms with Crippen molar-refractivity contribution in [2.45, 2.75) is 39.3 Å². The Kier molecular flexibility index (Phi) is 4.22. The quantitative estimate of drug-likeness (QED) is 0.870. The second kappa shape index (κ2) is 5.90. The van der Waals surface area contributed by atoms with Crippen LogP contribution in [-0.2, 0) is 11.3 Å². The number of alkyl carbamates (subject to hydrolysis) is 1. The van der Waals surface area contributed by atoms with Crippen LogP contribution in [0.3, 0.4) is 0 Å². The predicted molar refractivity (Wildman–Crippen MR) is 76.4 cm³/mol. The molecule has 6 nitrogen and oxygen atoms in total. The van der Waals surface area contributed by atoms with Gasteiger partial charge in [-0.1, -0.05) is 0 Å². The molecule has 0 saturated carbocycles. The zero-order valence-electron chi connectivity index (χ0n) is 12.1. The number of carbonyl (C=O) groups excluding carboxylic acids is 1. The van der Waals surface area contributed by atoms with Crippen molar-refractivity contribution >= 4 is 17.3 Å². The van der Waals surface area contributed by atoms with Crippen LogP contribution in [0.4, 0.5) is 4.79 Å². The average molecular weight is 276 g/mol. The first-order chi connectivity index (χ1) is 9.46. The summed E-state index contributed by atoms with van der Waals surface area (Å²) in [6.45, 7) is 6.87. The fraction of sp³-hybridized carbons (Fsp3) is 0.500. The van der Waals surface area contributed by atoms with Crippen molar-refractivity contribution < 1.29 is 9.53 Å². The Bertz CT molecular complexity index is 586. The number of nitrogens with one attached hydrogen (secondary N) is 1. The summed E-state index contributed by atoms with van der Waals surface area (Å²) in [5, 5.41) is 2.74. The maximum absolute atomic E-state index is 11.5. The van der Waals surface area contributed by atoms with Crippen LogP contribution in [0.15, 0.2) is 24.7 Å². The van der Waals surface area contributed by atoms with Crippen LogP contribution in [-0.4, -0.2) is 32.8 Å². The first kappa shape index (κ1) is 14.3. The second-order valence-corrected chi connectivity index (χ2v) is 5.57. The van der Waals surface area contributed by atoms with E-state index in [4.69, 9.17) is 4.74 Å². The van der Waals surface area contributed by atoms with Crippen LogP contribution < -0.4 is 5.32 Å².